The molecule has 1 aromatic carbocycles. The summed E-state index contributed by atoms with van der Waals surface area (Å²) in [6.45, 7) is 3.91. The number of amides is 1. The molecule has 0 spiro atoms. The molecule has 5 nitrogen and oxygen atoms in total. The molecule has 2 aliphatic rings. The van der Waals surface area contributed by atoms with E-state index < -0.39 is 6.10 Å². The molecule has 1 aromatic heterocycles. The van der Waals surface area contributed by atoms with Crippen LogP contribution in [0.4, 0.5) is 4.39 Å². The molecule has 0 aliphatic carbocycles. The maximum Gasteiger partial charge on any atom is 0.222 e. The second kappa shape index (κ2) is 9.03. The molecule has 0 saturated carbocycles. The number of hydrogen-bond acceptors (Lipinski definition) is 5. The molecule has 2 unspecified atom stereocenters. The van der Waals surface area contributed by atoms with Gasteiger partial charge in [0.2, 0.25) is 5.91 Å². The van der Waals surface area contributed by atoms with Gasteiger partial charge in [-0.05, 0) is 31.7 Å². The number of benzene rings is 1. The number of piperidine rings is 1. The van der Waals surface area contributed by atoms with E-state index >= 15 is 0 Å². The molecule has 1 amide bonds. The minimum Gasteiger partial charge on any atom is -0.387 e. The monoisotopic (exact) mass is 415 g/mol. The molecule has 0 radical (unpaired) electrons. The highest BCUT2D eigenvalue weighted by atomic mass is 32.1. The first-order chi connectivity index (χ1) is 14.1. The van der Waals surface area contributed by atoms with E-state index in [2.05, 4.69) is 12.1 Å². The van der Waals surface area contributed by atoms with E-state index in [4.69, 9.17) is 9.82 Å². The highest BCUT2D eigenvalue weighted by Crippen LogP contribution is 2.32. The summed E-state index contributed by atoms with van der Waals surface area (Å²) in [7, 11) is 0. The average molecular weight is 416 g/mol. The summed E-state index contributed by atoms with van der Waals surface area (Å²) in [6.07, 6.45) is 4.93. The van der Waals surface area contributed by atoms with E-state index in [1.54, 1.807) is 29.5 Å². The van der Waals surface area contributed by atoms with Crippen molar-refractivity contribution in [2.24, 2.45) is 5.16 Å². The van der Waals surface area contributed by atoms with E-state index in [0.29, 0.717) is 18.4 Å². The topological polar surface area (TPSA) is 54.8 Å². The van der Waals surface area contributed by atoms with Gasteiger partial charge in [-0.1, -0.05) is 30.3 Å². The largest absolute Gasteiger partial charge is 0.387 e. The predicted molar refractivity (Wildman–Crippen MR) is 112 cm³/mol. The van der Waals surface area contributed by atoms with Crippen molar-refractivity contribution in [2.75, 3.05) is 13.1 Å². The Hall–Kier alpha value is -2.28. The van der Waals surface area contributed by atoms with E-state index in [9.17, 15) is 9.18 Å². The van der Waals surface area contributed by atoms with Gasteiger partial charge in [-0.25, -0.2) is 9.37 Å². The summed E-state index contributed by atoms with van der Waals surface area (Å²) >= 11 is 1.59. The predicted octanol–water partition coefficient (Wildman–Crippen LogP) is 5.04. The number of carbonyl (C=O) groups excluding carboxylic acids is 1. The molecule has 2 atom stereocenters. The second-order valence-electron chi connectivity index (χ2n) is 7.81. The van der Waals surface area contributed by atoms with Gasteiger partial charge in [-0.2, -0.15) is 0 Å². The van der Waals surface area contributed by atoms with Crippen molar-refractivity contribution in [2.45, 2.75) is 57.5 Å². The van der Waals surface area contributed by atoms with E-state index in [0.717, 1.165) is 48.8 Å². The van der Waals surface area contributed by atoms with Gasteiger partial charge < -0.3 is 9.74 Å². The first-order valence-electron chi connectivity index (χ1n) is 10.3. The van der Waals surface area contributed by atoms with Gasteiger partial charge >= 0.3 is 0 Å². The van der Waals surface area contributed by atoms with Crippen molar-refractivity contribution in [3.05, 3.63) is 51.7 Å². The Bertz CT molecular complexity index is 892. The molecular formula is C22H26FN3O2S. The molecule has 7 heteroatoms. The highest BCUT2D eigenvalue weighted by molar-refractivity contribution is 7.09. The van der Waals surface area contributed by atoms with Crippen LogP contribution in [0.25, 0.3) is 0 Å². The van der Waals surface area contributed by atoms with Crippen LogP contribution in [0, 0.1) is 5.82 Å². The fourth-order valence-electron chi connectivity index (χ4n) is 3.84. The average Bonchev–Trinajstić information content (AvgIpc) is 3.42. The van der Waals surface area contributed by atoms with Crippen LogP contribution in [0.5, 0.6) is 0 Å². The van der Waals surface area contributed by atoms with Crippen molar-refractivity contribution in [3.8, 4) is 0 Å². The third kappa shape index (κ3) is 4.66. The Morgan fingerprint density at radius 1 is 1.31 bits per heavy atom. The summed E-state index contributed by atoms with van der Waals surface area (Å²) in [6, 6.07) is 6.63. The van der Waals surface area contributed by atoms with E-state index in [1.165, 1.54) is 12.5 Å². The maximum atomic E-state index is 14.0. The molecule has 1 saturated heterocycles. The Morgan fingerprint density at radius 2 is 2.10 bits per heavy atom. The molecule has 0 N–H and O–H groups in total. The zero-order valence-corrected chi connectivity index (χ0v) is 17.5. The van der Waals surface area contributed by atoms with Gasteiger partial charge in [0.15, 0.2) is 6.10 Å². The van der Waals surface area contributed by atoms with Crippen LogP contribution >= 0.6 is 11.3 Å². The second-order valence-corrected chi connectivity index (χ2v) is 8.70. The third-order valence-electron chi connectivity index (χ3n) is 5.66. The van der Waals surface area contributed by atoms with Crippen molar-refractivity contribution >= 4 is 23.0 Å². The van der Waals surface area contributed by atoms with Crippen LogP contribution < -0.4 is 0 Å². The molecule has 0 bridgehead atoms. The van der Waals surface area contributed by atoms with Gasteiger partial charge in [0.1, 0.15) is 11.5 Å². The lowest BCUT2D eigenvalue weighted by Gasteiger charge is -2.27. The summed E-state index contributed by atoms with van der Waals surface area (Å²) in [5.74, 6) is 0.197. The minimum atomic E-state index is -0.407. The van der Waals surface area contributed by atoms with Crippen LogP contribution in [0.3, 0.4) is 0 Å². The first-order valence-corrected chi connectivity index (χ1v) is 11.2. The molecule has 2 aromatic rings. The first kappa shape index (κ1) is 20.0. The smallest absolute Gasteiger partial charge is 0.222 e. The number of thiazole rings is 1. The Labute approximate surface area is 174 Å². The fourth-order valence-corrected chi connectivity index (χ4v) is 4.77. The normalized spacial score (nSPS) is 20.3. The molecule has 1 fully saturated rings. The number of halogens is 1. The Balaban J connectivity index is 1.32. The summed E-state index contributed by atoms with van der Waals surface area (Å²) < 4.78 is 14.0. The van der Waals surface area contributed by atoms with Crippen LogP contribution in [0.2, 0.25) is 0 Å². The van der Waals surface area contributed by atoms with E-state index in [1.807, 2.05) is 10.3 Å². The van der Waals surface area contributed by atoms with Crippen molar-refractivity contribution in [1.82, 2.24) is 9.88 Å². The fraction of sp³-hybridized carbons (Fsp3) is 0.500. The Morgan fingerprint density at radius 3 is 2.90 bits per heavy atom. The number of oxime groups is 1. The van der Waals surface area contributed by atoms with Gasteiger partial charge in [-0.15, -0.1) is 11.3 Å². The van der Waals surface area contributed by atoms with Crippen molar-refractivity contribution in [3.63, 3.8) is 0 Å². The molecule has 4 rings (SSSR count). The van der Waals surface area contributed by atoms with Gasteiger partial charge in [0, 0.05) is 42.8 Å². The Kier molecular flexibility index (Phi) is 6.23. The van der Waals surface area contributed by atoms with Gasteiger partial charge in [0.25, 0.3) is 0 Å². The summed E-state index contributed by atoms with van der Waals surface area (Å²) in [4.78, 5) is 24.6. The number of likely N-dealkylation sites (tertiary alicyclic amines) is 1. The maximum absolute atomic E-state index is 14.0. The van der Waals surface area contributed by atoms with Gasteiger partial charge in [0.05, 0.1) is 10.7 Å². The number of nitrogens with zero attached hydrogens (tertiary/aromatic N) is 3. The minimum absolute atomic E-state index is 0.216. The summed E-state index contributed by atoms with van der Waals surface area (Å²) in [5, 5.41) is 7.13. The lowest BCUT2D eigenvalue weighted by molar-refractivity contribution is -0.132. The number of hydrogen-bond donors (Lipinski definition) is 0. The number of aromatic nitrogens is 1. The van der Waals surface area contributed by atoms with E-state index in [-0.39, 0.29) is 17.6 Å². The zero-order chi connectivity index (χ0) is 20.2. The van der Waals surface area contributed by atoms with Crippen LogP contribution in [0.1, 0.15) is 73.7 Å². The highest BCUT2D eigenvalue weighted by Gasteiger charge is 2.28. The quantitative estimate of drug-likeness (QED) is 0.664. The lowest BCUT2D eigenvalue weighted by atomic mass is 10.0. The number of carbonyl (C=O) groups is 1. The molecule has 29 heavy (non-hydrogen) atoms. The SMILES string of the molecule is CC(CCC(=O)N1CCCCC1)c1nc(C2=NOC(c3ccccc3F)C2)cs1. The molecule has 3 heterocycles. The number of rotatable bonds is 6. The van der Waals surface area contributed by atoms with Crippen LogP contribution in [-0.4, -0.2) is 34.6 Å². The van der Waals surface area contributed by atoms with Crippen molar-refractivity contribution < 1.29 is 14.0 Å². The lowest BCUT2D eigenvalue weighted by Crippen LogP contribution is -2.35. The van der Waals surface area contributed by atoms with Crippen molar-refractivity contribution in [1.29, 1.82) is 0 Å². The standard InChI is InChI=1S/C22H26FN3O2S/c1-15(9-10-21(27)26-11-5-2-6-12-26)22-24-19(14-29-22)18-13-20(28-25-18)16-7-3-4-8-17(16)23/h3-4,7-8,14-15,20H,2,5-6,9-13H2,1H3. The van der Waals surface area contributed by atoms with Crippen LogP contribution in [0.15, 0.2) is 34.8 Å². The molecule has 154 valence electrons. The van der Waals surface area contributed by atoms with Gasteiger partial charge in [-0.3, -0.25) is 4.79 Å². The molecular weight excluding hydrogens is 389 g/mol. The summed E-state index contributed by atoms with van der Waals surface area (Å²) in [5.41, 5.74) is 2.06. The molecule has 2 aliphatic heterocycles. The van der Waals surface area contributed by atoms with Crippen LogP contribution in [-0.2, 0) is 9.63 Å². The zero-order valence-electron chi connectivity index (χ0n) is 16.6. The third-order valence-corrected chi connectivity index (χ3v) is 6.74.